The number of benzene rings is 2. The van der Waals surface area contributed by atoms with Crippen molar-refractivity contribution in [2.45, 2.75) is 38.6 Å². The molecular formula is C21H26N2O3. The first-order valence-corrected chi connectivity index (χ1v) is 9.02. The Bertz CT molecular complexity index is 767. The summed E-state index contributed by atoms with van der Waals surface area (Å²) in [6, 6.07) is 11.5. The van der Waals surface area contributed by atoms with Gasteiger partial charge in [0, 0.05) is 0 Å². The molecule has 0 radical (unpaired) electrons. The molecule has 3 rings (SSSR count). The van der Waals surface area contributed by atoms with Crippen LogP contribution in [-0.4, -0.2) is 20.3 Å². The molecule has 1 unspecified atom stereocenters. The molecule has 2 amide bonds. The van der Waals surface area contributed by atoms with E-state index in [-0.39, 0.29) is 12.1 Å². The summed E-state index contributed by atoms with van der Waals surface area (Å²) in [4.78, 5) is 12.5. The first-order chi connectivity index (χ1) is 12.6. The number of methoxy groups -OCH3 is 2. The summed E-state index contributed by atoms with van der Waals surface area (Å²) in [5, 5.41) is 5.84. The Kier molecular flexibility index (Phi) is 5.66. The Morgan fingerprint density at radius 2 is 1.65 bits per heavy atom. The number of hydrogen-bond acceptors (Lipinski definition) is 3. The maximum absolute atomic E-state index is 12.5. The van der Waals surface area contributed by atoms with Gasteiger partial charge in [-0.2, -0.15) is 0 Å². The minimum Gasteiger partial charge on any atom is -0.494 e. The minimum atomic E-state index is -0.293. The number of ether oxygens (including phenoxy) is 2. The summed E-state index contributed by atoms with van der Waals surface area (Å²) in [5.74, 6) is 1.11. The molecule has 1 aliphatic rings. The van der Waals surface area contributed by atoms with Gasteiger partial charge in [0.25, 0.3) is 0 Å². The number of aryl methyl sites for hydroxylation is 2. The lowest BCUT2D eigenvalue weighted by Crippen LogP contribution is -2.31. The minimum absolute atomic E-state index is 0.0945. The Balaban J connectivity index is 1.70. The fourth-order valence-corrected chi connectivity index (χ4v) is 3.43. The van der Waals surface area contributed by atoms with Crippen LogP contribution in [0.25, 0.3) is 0 Å². The highest BCUT2D eigenvalue weighted by atomic mass is 16.5. The molecule has 2 aromatic rings. The molecule has 0 bridgehead atoms. The highest BCUT2D eigenvalue weighted by molar-refractivity contribution is 5.93. The molecule has 2 N–H and O–H groups in total. The molecule has 0 spiro atoms. The Morgan fingerprint density at radius 3 is 2.31 bits per heavy atom. The Labute approximate surface area is 154 Å². The van der Waals surface area contributed by atoms with Crippen molar-refractivity contribution in [3.8, 4) is 11.5 Å². The predicted molar refractivity (Wildman–Crippen MR) is 103 cm³/mol. The normalized spacial score (nSPS) is 14.1. The van der Waals surface area contributed by atoms with Crippen LogP contribution in [0.3, 0.4) is 0 Å². The van der Waals surface area contributed by atoms with Gasteiger partial charge in [0.15, 0.2) is 0 Å². The standard InChI is InChI=1S/C21H26N2O3/c1-14(16-12-11-15-7-4-5-8-17(15)13-16)22-21(24)23-20-18(25-2)9-6-10-19(20)26-3/h6,9-14H,4-5,7-8H2,1-3H3,(H2,22,23,24). The zero-order chi connectivity index (χ0) is 18.5. The van der Waals surface area contributed by atoms with Crippen molar-refractivity contribution < 1.29 is 14.3 Å². The number of nitrogens with one attached hydrogen (secondary N) is 2. The summed E-state index contributed by atoms with van der Waals surface area (Å²) >= 11 is 0. The van der Waals surface area contributed by atoms with Crippen molar-refractivity contribution >= 4 is 11.7 Å². The lowest BCUT2D eigenvalue weighted by molar-refractivity contribution is 0.249. The quantitative estimate of drug-likeness (QED) is 0.833. The SMILES string of the molecule is COc1cccc(OC)c1NC(=O)NC(C)c1ccc2c(c1)CCCC2. The number of carbonyl (C=O) groups excluding carboxylic acids is 1. The number of fused-ring (bicyclic) bond motifs is 1. The first kappa shape index (κ1) is 18.1. The predicted octanol–water partition coefficient (Wildman–Crippen LogP) is 4.47. The van der Waals surface area contributed by atoms with E-state index in [4.69, 9.17) is 9.47 Å². The first-order valence-electron chi connectivity index (χ1n) is 9.02. The van der Waals surface area contributed by atoms with Crippen LogP contribution in [0, 0.1) is 0 Å². The van der Waals surface area contributed by atoms with Gasteiger partial charge in [-0.1, -0.05) is 24.3 Å². The molecular weight excluding hydrogens is 328 g/mol. The number of amides is 2. The molecule has 0 saturated carbocycles. The van der Waals surface area contributed by atoms with E-state index in [1.165, 1.54) is 24.0 Å². The van der Waals surface area contributed by atoms with Crippen molar-refractivity contribution in [2.24, 2.45) is 0 Å². The number of urea groups is 1. The van der Waals surface area contributed by atoms with Gasteiger partial charge in [0.05, 0.1) is 20.3 Å². The molecule has 0 saturated heterocycles. The van der Waals surface area contributed by atoms with E-state index in [0.29, 0.717) is 17.2 Å². The smallest absolute Gasteiger partial charge is 0.319 e. The molecule has 26 heavy (non-hydrogen) atoms. The Hall–Kier alpha value is -2.69. The second-order valence-corrected chi connectivity index (χ2v) is 6.59. The van der Waals surface area contributed by atoms with Crippen molar-refractivity contribution in [3.05, 3.63) is 53.1 Å². The van der Waals surface area contributed by atoms with Gasteiger partial charge in [-0.25, -0.2) is 4.79 Å². The topological polar surface area (TPSA) is 59.6 Å². The zero-order valence-corrected chi connectivity index (χ0v) is 15.6. The van der Waals surface area contributed by atoms with E-state index in [1.54, 1.807) is 26.4 Å². The lowest BCUT2D eigenvalue weighted by Gasteiger charge is -2.21. The van der Waals surface area contributed by atoms with Gasteiger partial charge in [-0.3, -0.25) is 0 Å². The van der Waals surface area contributed by atoms with Crippen LogP contribution in [0.2, 0.25) is 0 Å². The van der Waals surface area contributed by atoms with Gasteiger partial charge in [0.1, 0.15) is 17.2 Å². The van der Waals surface area contributed by atoms with E-state index in [2.05, 4.69) is 28.8 Å². The maximum Gasteiger partial charge on any atom is 0.319 e. The van der Waals surface area contributed by atoms with Gasteiger partial charge < -0.3 is 20.1 Å². The highest BCUT2D eigenvalue weighted by Crippen LogP contribution is 2.34. The fourth-order valence-electron chi connectivity index (χ4n) is 3.43. The lowest BCUT2D eigenvalue weighted by atomic mass is 9.89. The van der Waals surface area contributed by atoms with Gasteiger partial charge in [-0.15, -0.1) is 0 Å². The van der Waals surface area contributed by atoms with E-state index in [0.717, 1.165) is 18.4 Å². The number of hydrogen-bond donors (Lipinski definition) is 2. The van der Waals surface area contributed by atoms with Crippen LogP contribution in [-0.2, 0) is 12.8 Å². The van der Waals surface area contributed by atoms with E-state index in [1.807, 2.05) is 13.0 Å². The average molecular weight is 354 g/mol. The molecule has 5 nitrogen and oxygen atoms in total. The molecule has 138 valence electrons. The molecule has 0 heterocycles. The van der Waals surface area contributed by atoms with Crippen LogP contribution in [0.4, 0.5) is 10.5 Å². The fraction of sp³-hybridized carbons (Fsp3) is 0.381. The van der Waals surface area contributed by atoms with Crippen molar-refractivity contribution in [2.75, 3.05) is 19.5 Å². The van der Waals surface area contributed by atoms with Crippen LogP contribution in [0.1, 0.15) is 42.5 Å². The third kappa shape index (κ3) is 3.93. The summed E-state index contributed by atoms with van der Waals surface area (Å²) in [6.07, 6.45) is 4.79. The molecule has 1 aliphatic carbocycles. The van der Waals surface area contributed by atoms with Gasteiger partial charge in [-0.05, 0) is 61.4 Å². The van der Waals surface area contributed by atoms with Crippen molar-refractivity contribution in [3.63, 3.8) is 0 Å². The van der Waals surface area contributed by atoms with Gasteiger partial charge >= 0.3 is 6.03 Å². The summed E-state index contributed by atoms with van der Waals surface area (Å²) in [7, 11) is 3.13. The largest absolute Gasteiger partial charge is 0.494 e. The second-order valence-electron chi connectivity index (χ2n) is 6.59. The van der Waals surface area contributed by atoms with E-state index < -0.39 is 0 Å². The molecule has 2 aromatic carbocycles. The monoisotopic (exact) mass is 354 g/mol. The second kappa shape index (κ2) is 8.13. The van der Waals surface area contributed by atoms with E-state index in [9.17, 15) is 4.79 Å². The van der Waals surface area contributed by atoms with Crippen LogP contribution < -0.4 is 20.1 Å². The Morgan fingerprint density at radius 1 is 1.00 bits per heavy atom. The van der Waals surface area contributed by atoms with Crippen LogP contribution in [0.15, 0.2) is 36.4 Å². The number of anilines is 1. The van der Waals surface area contributed by atoms with Crippen molar-refractivity contribution in [1.29, 1.82) is 0 Å². The summed E-state index contributed by atoms with van der Waals surface area (Å²) in [5.41, 5.74) is 4.49. The molecule has 1 atom stereocenters. The summed E-state index contributed by atoms with van der Waals surface area (Å²) < 4.78 is 10.6. The molecule has 0 aromatic heterocycles. The average Bonchev–Trinajstić information content (AvgIpc) is 2.67. The molecule has 5 heteroatoms. The third-order valence-electron chi connectivity index (χ3n) is 4.89. The van der Waals surface area contributed by atoms with Crippen molar-refractivity contribution in [1.82, 2.24) is 5.32 Å². The van der Waals surface area contributed by atoms with Gasteiger partial charge in [0.2, 0.25) is 0 Å². The molecule has 0 fully saturated rings. The maximum atomic E-state index is 12.5. The zero-order valence-electron chi connectivity index (χ0n) is 15.6. The number of rotatable bonds is 5. The number of para-hydroxylation sites is 1. The highest BCUT2D eigenvalue weighted by Gasteiger charge is 2.17. The third-order valence-corrected chi connectivity index (χ3v) is 4.89. The number of carbonyl (C=O) groups is 1. The molecule has 0 aliphatic heterocycles. The van der Waals surface area contributed by atoms with Crippen LogP contribution >= 0.6 is 0 Å². The summed E-state index contributed by atoms with van der Waals surface area (Å²) in [6.45, 7) is 1.99. The van der Waals surface area contributed by atoms with E-state index >= 15 is 0 Å². The van der Waals surface area contributed by atoms with Crippen LogP contribution in [0.5, 0.6) is 11.5 Å².